The van der Waals surface area contributed by atoms with Gasteiger partial charge in [-0.05, 0) is 31.2 Å². The van der Waals surface area contributed by atoms with Gasteiger partial charge in [0, 0.05) is 11.5 Å². The number of likely N-dealkylation sites (N-methyl/N-ethyl adjacent to an activating group) is 1. The maximum Gasteiger partial charge on any atom is 0.326 e. The van der Waals surface area contributed by atoms with Gasteiger partial charge >= 0.3 is 5.97 Å². The van der Waals surface area contributed by atoms with Gasteiger partial charge in [-0.3, -0.25) is 4.79 Å². The fourth-order valence-corrected chi connectivity index (χ4v) is 1.42. The van der Waals surface area contributed by atoms with Crippen LogP contribution in [0, 0.1) is 0 Å². The van der Waals surface area contributed by atoms with E-state index in [4.69, 9.17) is 9.84 Å². The van der Waals surface area contributed by atoms with Crippen LogP contribution in [0.3, 0.4) is 0 Å². The molecule has 0 aromatic heterocycles. The fourth-order valence-electron chi connectivity index (χ4n) is 1.16. The van der Waals surface area contributed by atoms with Crippen molar-refractivity contribution in [3.8, 4) is 5.75 Å². The number of hydrogen-bond acceptors (Lipinski definition) is 3. The SMILES string of the molecule is CC(C(=O)O)N(C)C(=O)COc1ccc(Br)cc1. The van der Waals surface area contributed by atoms with E-state index in [1.165, 1.54) is 14.0 Å². The molecule has 18 heavy (non-hydrogen) atoms. The van der Waals surface area contributed by atoms with Crippen LogP contribution in [-0.2, 0) is 9.59 Å². The smallest absolute Gasteiger partial charge is 0.326 e. The van der Waals surface area contributed by atoms with Gasteiger partial charge in [0.05, 0.1) is 0 Å². The Morgan fingerprint density at radius 1 is 1.39 bits per heavy atom. The number of ether oxygens (including phenoxy) is 1. The Morgan fingerprint density at radius 2 is 1.94 bits per heavy atom. The van der Waals surface area contributed by atoms with Gasteiger partial charge in [0.15, 0.2) is 6.61 Å². The largest absolute Gasteiger partial charge is 0.484 e. The van der Waals surface area contributed by atoms with Gasteiger partial charge in [-0.15, -0.1) is 0 Å². The minimum atomic E-state index is -1.05. The molecular weight excluding hydrogens is 302 g/mol. The van der Waals surface area contributed by atoms with Crippen molar-refractivity contribution < 1.29 is 19.4 Å². The summed E-state index contributed by atoms with van der Waals surface area (Å²) in [7, 11) is 1.44. The lowest BCUT2D eigenvalue weighted by atomic mass is 10.3. The van der Waals surface area contributed by atoms with E-state index < -0.39 is 12.0 Å². The van der Waals surface area contributed by atoms with Gasteiger partial charge in [-0.1, -0.05) is 15.9 Å². The summed E-state index contributed by atoms with van der Waals surface area (Å²) in [4.78, 5) is 23.5. The van der Waals surface area contributed by atoms with E-state index in [1.54, 1.807) is 24.3 Å². The number of aliphatic carboxylic acids is 1. The monoisotopic (exact) mass is 315 g/mol. The van der Waals surface area contributed by atoms with Gasteiger partial charge in [0.25, 0.3) is 5.91 Å². The molecule has 1 aromatic carbocycles. The summed E-state index contributed by atoms with van der Waals surface area (Å²) < 4.78 is 6.18. The summed E-state index contributed by atoms with van der Waals surface area (Å²) in [6, 6.07) is 6.16. The Hall–Kier alpha value is -1.56. The Kier molecular flexibility index (Phi) is 5.15. The summed E-state index contributed by atoms with van der Waals surface area (Å²) in [5, 5.41) is 8.78. The predicted molar refractivity (Wildman–Crippen MR) is 69.5 cm³/mol. The average Bonchev–Trinajstić information content (AvgIpc) is 2.35. The van der Waals surface area contributed by atoms with Crippen molar-refractivity contribution in [2.75, 3.05) is 13.7 Å². The van der Waals surface area contributed by atoms with E-state index in [2.05, 4.69) is 15.9 Å². The number of amides is 1. The molecule has 1 N–H and O–H groups in total. The van der Waals surface area contributed by atoms with Gasteiger partial charge in [-0.2, -0.15) is 0 Å². The van der Waals surface area contributed by atoms with Crippen LogP contribution in [0.4, 0.5) is 0 Å². The van der Waals surface area contributed by atoms with Crippen LogP contribution in [0.1, 0.15) is 6.92 Å². The van der Waals surface area contributed by atoms with E-state index in [9.17, 15) is 9.59 Å². The molecule has 0 aliphatic rings. The molecule has 0 bridgehead atoms. The highest BCUT2D eigenvalue weighted by Gasteiger charge is 2.21. The lowest BCUT2D eigenvalue weighted by Gasteiger charge is -2.21. The second-order valence-electron chi connectivity index (χ2n) is 3.76. The minimum absolute atomic E-state index is 0.185. The van der Waals surface area contributed by atoms with Crippen molar-refractivity contribution in [3.05, 3.63) is 28.7 Å². The van der Waals surface area contributed by atoms with E-state index in [0.717, 1.165) is 9.37 Å². The quantitative estimate of drug-likeness (QED) is 0.899. The molecule has 0 fully saturated rings. The number of carbonyl (C=O) groups is 2. The van der Waals surface area contributed by atoms with E-state index in [1.807, 2.05) is 0 Å². The van der Waals surface area contributed by atoms with Gasteiger partial charge < -0.3 is 14.7 Å². The van der Waals surface area contributed by atoms with Crippen LogP contribution in [0.5, 0.6) is 5.75 Å². The van der Waals surface area contributed by atoms with E-state index in [0.29, 0.717) is 5.75 Å². The summed E-state index contributed by atoms with van der Waals surface area (Å²) in [5.74, 6) is -0.870. The van der Waals surface area contributed by atoms with Gasteiger partial charge in [0.2, 0.25) is 0 Å². The third-order valence-corrected chi connectivity index (χ3v) is 3.04. The molecule has 0 saturated heterocycles. The van der Waals surface area contributed by atoms with Crippen molar-refractivity contribution in [1.82, 2.24) is 4.90 Å². The summed E-state index contributed by atoms with van der Waals surface area (Å²) in [6.45, 7) is 1.26. The van der Waals surface area contributed by atoms with Crippen LogP contribution in [0.2, 0.25) is 0 Å². The van der Waals surface area contributed by atoms with Gasteiger partial charge in [0.1, 0.15) is 11.8 Å². The highest BCUT2D eigenvalue weighted by molar-refractivity contribution is 9.10. The number of carbonyl (C=O) groups excluding carboxylic acids is 1. The van der Waals surface area contributed by atoms with Crippen LogP contribution in [0.15, 0.2) is 28.7 Å². The lowest BCUT2D eigenvalue weighted by Crippen LogP contribution is -2.42. The maximum atomic E-state index is 11.7. The Bertz CT molecular complexity index is 432. The second-order valence-corrected chi connectivity index (χ2v) is 4.68. The molecule has 1 aromatic rings. The molecule has 1 amide bonds. The fraction of sp³-hybridized carbons (Fsp3) is 0.333. The van der Waals surface area contributed by atoms with Crippen molar-refractivity contribution in [2.45, 2.75) is 13.0 Å². The Balaban J connectivity index is 2.50. The number of carboxylic acids is 1. The first-order valence-electron chi connectivity index (χ1n) is 5.28. The molecule has 1 atom stereocenters. The summed E-state index contributed by atoms with van der Waals surface area (Å²) in [6.07, 6.45) is 0. The second kappa shape index (κ2) is 6.39. The number of nitrogens with zero attached hydrogens (tertiary/aromatic N) is 1. The minimum Gasteiger partial charge on any atom is -0.484 e. The average molecular weight is 316 g/mol. The first-order valence-corrected chi connectivity index (χ1v) is 6.08. The molecule has 0 heterocycles. The van der Waals surface area contributed by atoms with Crippen molar-refractivity contribution in [1.29, 1.82) is 0 Å². The lowest BCUT2D eigenvalue weighted by molar-refractivity contribution is -0.148. The van der Waals surface area contributed by atoms with Crippen LogP contribution < -0.4 is 4.74 Å². The topological polar surface area (TPSA) is 66.8 Å². The number of hydrogen-bond donors (Lipinski definition) is 1. The molecule has 98 valence electrons. The van der Waals surface area contributed by atoms with E-state index >= 15 is 0 Å². The standard InChI is InChI=1S/C12H14BrNO4/c1-8(12(16)17)14(2)11(15)7-18-10-5-3-9(13)4-6-10/h3-6,8H,7H2,1-2H3,(H,16,17). The number of rotatable bonds is 5. The van der Waals surface area contributed by atoms with Crippen LogP contribution in [0.25, 0.3) is 0 Å². The number of carboxylic acid groups (broad SMARTS) is 1. The zero-order valence-corrected chi connectivity index (χ0v) is 11.7. The molecule has 1 unspecified atom stereocenters. The first kappa shape index (κ1) is 14.5. The normalized spacial score (nSPS) is 11.7. The molecule has 1 rings (SSSR count). The number of benzene rings is 1. The zero-order chi connectivity index (χ0) is 13.7. The highest BCUT2D eigenvalue weighted by atomic mass is 79.9. The number of halogens is 1. The van der Waals surface area contributed by atoms with Crippen molar-refractivity contribution in [2.24, 2.45) is 0 Å². The first-order chi connectivity index (χ1) is 8.41. The summed E-state index contributed by atoms with van der Waals surface area (Å²) in [5.41, 5.74) is 0. The molecule has 0 aliphatic carbocycles. The zero-order valence-electron chi connectivity index (χ0n) is 10.1. The molecule has 0 radical (unpaired) electrons. The molecule has 0 aliphatic heterocycles. The third kappa shape index (κ3) is 4.03. The summed E-state index contributed by atoms with van der Waals surface area (Å²) >= 11 is 3.29. The highest BCUT2D eigenvalue weighted by Crippen LogP contribution is 2.16. The molecule has 0 spiro atoms. The molecule has 5 nitrogen and oxygen atoms in total. The Morgan fingerprint density at radius 3 is 2.44 bits per heavy atom. The molecular formula is C12H14BrNO4. The molecule has 6 heteroatoms. The third-order valence-electron chi connectivity index (χ3n) is 2.51. The predicted octanol–water partition coefficient (Wildman–Crippen LogP) is 1.76. The van der Waals surface area contributed by atoms with Crippen LogP contribution >= 0.6 is 15.9 Å². The van der Waals surface area contributed by atoms with E-state index in [-0.39, 0.29) is 12.5 Å². The molecule has 0 saturated carbocycles. The van der Waals surface area contributed by atoms with Crippen molar-refractivity contribution in [3.63, 3.8) is 0 Å². The van der Waals surface area contributed by atoms with Crippen LogP contribution in [-0.4, -0.2) is 41.6 Å². The maximum absolute atomic E-state index is 11.7. The van der Waals surface area contributed by atoms with Crippen molar-refractivity contribution >= 4 is 27.8 Å². The van der Waals surface area contributed by atoms with Gasteiger partial charge in [-0.25, -0.2) is 4.79 Å². The Labute approximate surface area is 113 Å².